The molecule has 6 rings (SSSR count). The topological polar surface area (TPSA) is 108 Å². The van der Waals surface area contributed by atoms with Crippen molar-refractivity contribution in [3.05, 3.63) is 94.8 Å². The fourth-order valence-corrected chi connectivity index (χ4v) is 5.45. The van der Waals surface area contributed by atoms with Gasteiger partial charge in [0.1, 0.15) is 17.3 Å². The Balaban J connectivity index is 1.18. The van der Waals surface area contributed by atoms with Crippen molar-refractivity contribution in [1.29, 1.82) is 0 Å². The number of nitrogens with zero attached hydrogens (tertiary/aromatic N) is 2. The molecular weight excluding hydrogens is 551 g/mol. The SMILES string of the molecule is O=C(NC1CC(=O)N(Cc2ccccc2)C1)c1ccc(CN2CCCC2=O)c(Oc2ccc(C(=O)NC3CC3)c(F)c2)c1. The number of benzene rings is 3. The lowest BCUT2D eigenvalue weighted by molar-refractivity contribution is -0.129. The van der Waals surface area contributed by atoms with Gasteiger partial charge < -0.3 is 25.2 Å². The van der Waals surface area contributed by atoms with Crippen LogP contribution in [0.5, 0.6) is 11.5 Å². The van der Waals surface area contributed by atoms with Crippen molar-refractivity contribution in [2.75, 3.05) is 13.1 Å². The van der Waals surface area contributed by atoms with Crippen molar-refractivity contribution >= 4 is 23.6 Å². The van der Waals surface area contributed by atoms with Gasteiger partial charge in [-0.15, -0.1) is 0 Å². The maximum atomic E-state index is 14.9. The van der Waals surface area contributed by atoms with Gasteiger partial charge >= 0.3 is 0 Å². The van der Waals surface area contributed by atoms with Gasteiger partial charge in [-0.2, -0.15) is 0 Å². The van der Waals surface area contributed by atoms with Gasteiger partial charge in [0.2, 0.25) is 11.8 Å². The van der Waals surface area contributed by atoms with E-state index >= 15 is 0 Å². The minimum atomic E-state index is -0.716. The van der Waals surface area contributed by atoms with E-state index in [0.29, 0.717) is 42.9 Å². The molecular formula is C33H33FN4O5. The summed E-state index contributed by atoms with van der Waals surface area (Å²) in [5, 5.41) is 5.73. The molecule has 3 aromatic rings. The van der Waals surface area contributed by atoms with E-state index in [1.165, 1.54) is 12.1 Å². The molecule has 10 heteroatoms. The van der Waals surface area contributed by atoms with Crippen LogP contribution in [0.15, 0.2) is 66.7 Å². The third-order valence-electron chi connectivity index (χ3n) is 7.95. The van der Waals surface area contributed by atoms with Crippen LogP contribution < -0.4 is 15.4 Å². The van der Waals surface area contributed by atoms with Crippen LogP contribution in [0.3, 0.4) is 0 Å². The number of carbonyl (C=O) groups is 4. The Hall–Kier alpha value is -4.73. The molecule has 2 aliphatic heterocycles. The fraction of sp³-hybridized carbons (Fsp3) is 0.333. The summed E-state index contributed by atoms with van der Waals surface area (Å²) in [5.74, 6) is -1.08. The zero-order chi connectivity index (χ0) is 29.9. The van der Waals surface area contributed by atoms with Crippen LogP contribution in [0.4, 0.5) is 4.39 Å². The fourth-order valence-electron chi connectivity index (χ4n) is 5.45. The number of carbonyl (C=O) groups excluding carboxylic acids is 4. The smallest absolute Gasteiger partial charge is 0.254 e. The highest BCUT2D eigenvalue weighted by Crippen LogP contribution is 2.31. The van der Waals surface area contributed by atoms with E-state index in [2.05, 4.69) is 10.6 Å². The van der Waals surface area contributed by atoms with Crippen molar-refractivity contribution in [2.45, 2.75) is 57.3 Å². The predicted molar refractivity (Wildman–Crippen MR) is 156 cm³/mol. The second-order valence-corrected chi connectivity index (χ2v) is 11.4. The molecule has 1 atom stereocenters. The second-order valence-electron chi connectivity index (χ2n) is 11.4. The van der Waals surface area contributed by atoms with Gasteiger partial charge in [-0.3, -0.25) is 19.2 Å². The highest BCUT2D eigenvalue weighted by molar-refractivity contribution is 5.96. The number of hydrogen-bond donors (Lipinski definition) is 2. The molecule has 3 fully saturated rings. The van der Waals surface area contributed by atoms with Crippen molar-refractivity contribution in [3.63, 3.8) is 0 Å². The van der Waals surface area contributed by atoms with E-state index in [1.54, 1.807) is 28.0 Å². The van der Waals surface area contributed by atoms with E-state index in [-0.39, 0.29) is 54.1 Å². The van der Waals surface area contributed by atoms with E-state index in [4.69, 9.17) is 4.74 Å². The number of likely N-dealkylation sites (tertiary alicyclic amines) is 2. The number of amides is 4. The van der Waals surface area contributed by atoms with Gasteiger partial charge in [0.25, 0.3) is 11.8 Å². The Labute approximate surface area is 249 Å². The lowest BCUT2D eigenvalue weighted by atomic mass is 10.1. The van der Waals surface area contributed by atoms with E-state index in [1.807, 2.05) is 30.3 Å². The summed E-state index contributed by atoms with van der Waals surface area (Å²) in [5.41, 5.74) is 1.92. The number of hydrogen-bond acceptors (Lipinski definition) is 5. The molecule has 0 aromatic heterocycles. The predicted octanol–water partition coefficient (Wildman–Crippen LogP) is 4.16. The molecule has 2 heterocycles. The van der Waals surface area contributed by atoms with Gasteiger partial charge in [0.15, 0.2) is 0 Å². The summed E-state index contributed by atoms with van der Waals surface area (Å²) in [7, 11) is 0. The minimum absolute atomic E-state index is 0.0277. The zero-order valence-corrected chi connectivity index (χ0v) is 23.7. The molecule has 4 amide bonds. The summed E-state index contributed by atoms with van der Waals surface area (Å²) in [6, 6.07) is 18.4. The molecule has 1 aliphatic carbocycles. The van der Waals surface area contributed by atoms with E-state index < -0.39 is 11.7 Å². The first-order valence-corrected chi connectivity index (χ1v) is 14.6. The first-order chi connectivity index (χ1) is 20.8. The molecule has 9 nitrogen and oxygen atoms in total. The first-order valence-electron chi connectivity index (χ1n) is 14.6. The minimum Gasteiger partial charge on any atom is -0.457 e. The number of rotatable bonds is 10. The van der Waals surface area contributed by atoms with Crippen molar-refractivity contribution in [3.8, 4) is 11.5 Å². The molecule has 0 bridgehead atoms. The molecule has 3 aromatic carbocycles. The van der Waals surface area contributed by atoms with E-state index in [9.17, 15) is 23.6 Å². The monoisotopic (exact) mass is 584 g/mol. The Kier molecular flexibility index (Phi) is 8.09. The van der Waals surface area contributed by atoms with Crippen LogP contribution in [0.25, 0.3) is 0 Å². The molecule has 43 heavy (non-hydrogen) atoms. The molecule has 222 valence electrons. The quantitative estimate of drug-likeness (QED) is 0.372. The van der Waals surface area contributed by atoms with Crippen LogP contribution in [0.2, 0.25) is 0 Å². The molecule has 3 aliphatic rings. The second kappa shape index (κ2) is 12.2. The Bertz CT molecular complexity index is 1560. The number of nitrogens with one attached hydrogen (secondary N) is 2. The maximum Gasteiger partial charge on any atom is 0.254 e. The third kappa shape index (κ3) is 6.85. The molecule has 2 N–H and O–H groups in total. The summed E-state index contributed by atoms with van der Waals surface area (Å²) < 4.78 is 21.0. The van der Waals surface area contributed by atoms with Crippen LogP contribution in [0, 0.1) is 5.82 Å². The van der Waals surface area contributed by atoms with Gasteiger partial charge in [-0.1, -0.05) is 36.4 Å². The molecule has 1 saturated carbocycles. The standard InChI is InChI=1S/C33H33FN4O5/c34-28-17-26(12-13-27(28)33(42)35-24-10-11-24)43-29-15-22(8-9-23(29)19-37-14-4-7-30(37)39)32(41)36-25-16-31(40)38(20-25)18-21-5-2-1-3-6-21/h1-3,5-6,8-9,12-13,15,17,24-25H,4,7,10-11,14,16,18-20H2,(H,35,42)(H,36,41). The van der Waals surface area contributed by atoms with Gasteiger partial charge in [-0.05, 0) is 49.1 Å². The number of ether oxygens (including phenoxy) is 1. The lowest BCUT2D eigenvalue weighted by Gasteiger charge is -2.20. The molecule has 0 radical (unpaired) electrons. The van der Waals surface area contributed by atoms with Crippen LogP contribution in [0.1, 0.15) is 63.9 Å². The summed E-state index contributed by atoms with van der Waals surface area (Å²) in [6.45, 7) is 1.78. The van der Waals surface area contributed by atoms with E-state index in [0.717, 1.165) is 30.9 Å². The zero-order valence-electron chi connectivity index (χ0n) is 23.7. The Morgan fingerprint density at radius 1 is 0.860 bits per heavy atom. The summed E-state index contributed by atoms with van der Waals surface area (Å²) >= 11 is 0. The van der Waals surface area contributed by atoms with Crippen molar-refractivity contribution in [1.82, 2.24) is 20.4 Å². The highest BCUT2D eigenvalue weighted by Gasteiger charge is 2.31. The largest absolute Gasteiger partial charge is 0.457 e. The van der Waals surface area contributed by atoms with Gasteiger partial charge in [0.05, 0.1) is 11.6 Å². The normalized spacial score (nSPS) is 18.2. The Morgan fingerprint density at radius 3 is 2.37 bits per heavy atom. The van der Waals surface area contributed by atoms with Crippen LogP contribution in [-0.4, -0.2) is 58.6 Å². The summed E-state index contributed by atoms with van der Waals surface area (Å²) in [6.07, 6.45) is 3.24. The van der Waals surface area contributed by atoms with Crippen LogP contribution >= 0.6 is 0 Å². The molecule has 2 saturated heterocycles. The van der Waals surface area contributed by atoms with Crippen LogP contribution in [-0.2, 0) is 22.7 Å². The Morgan fingerprint density at radius 2 is 1.65 bits per heavy atom. The van der Waals surface area contributed by atoms with Gasteiger partial charge in [-0.25, -0.2) is 4.39 Å². The lowest BCUT2D eigenvalue weighted by Crippen LogP contribution is -2.37. The van der Waals surface area contributed by atoms with Gasteiger partial charge in [0, 0.05) is 62.3 Å². The molecule has 1 unspecified atom stereocenters. The summed E-state index contributed by atoms with van der Waals surface area (Å²) in [4.78, 5) is 54.0. The average molecular weight is 585 g/mol. The highest BCUT2D eigenvalue weighted by atomic mass is 19.1. The maximum absolute atomic E-state index is 14.9. The van der Waals surface area contributed by atoms with Crippen molar-refractivity contribution in [2.24, 2.45) is 0 Å². The molecule has 0 spiro atoms. The number of halogens is 1. The average Bonchev–Trinajstić information content (AvgIpc) is 3.61. The third-order valence-corrected chi connectivity index (χ3v) is 7.95. The first kappa shape index (κ1) is 28.4. The van der Waals surface area contributed by atoms with Crippen molar-refractivity contribution < 1.29 is 28.3 Å².